The lowest BCUT2D eigenvalue weighted by Gasteiger charge is -2.06. The highest BCUT2D eigenvalue weighted by atomic mass is 16.5. The number of allylic oxidation sites excluding steroid dienone is 4. The van der Waals surface area contributed by atoms with Crippen LogP contribution in [0.4, 0.5) is 0 Å². The number of carbonyl (C=O) groups excluding carboxylic acids is 2. The molecular formula is C17H28O3. The Labute approximate surface area is 123 Å². The number of hydrogen-bond acceptors (Lipinski definition) is 3. The molecule has 0 atom stereocenters. The van der Waals surface area contributed by atoms with Gasteiger partial charge in [-0.1, -0.05) is 23.3 Å². The van der Waals surface area contributed by atoms with Gasteiger partial charge in [0.25, 0.3) is 0 Å². The zero-order chi connectivity index (χ0) is 15.5. The molecule has 0 N–H and O–H groups in total. The van der Waals surface area contributed by atoms with E-state index < -0.39 is 5.97 Å². The Kier molecular flexibility index (Phi) is 9.69. The number of hydrogen-bond donors (Lipinski definition) is 0. The molecule has 0 aliphatic carbocycles. The van der Waals surface area contributed by atoms with E-state index >= 15 is 0 Å². The average molecular weight is 280 g/mol. The largest absolute Gasteiger partial charge is 0.463 e. The van der Waals surface area contributed by atoms with Gasteiger partial charge in [-0.05, 0) is 53.9 Å². The summed E-state index contributed by atoms with van der Waals surface area (Å²) in [6.07, 6.45) is 7.21. The smallest absolute Gasteiger partial charge is 0.313 e. The summed E-state index contributed by atoms with van der Waals surface area (Å²) in [7, 11) is 0. The van der Waals surface area contributed by atoms with Crippen molar-refractivity contribution in [1.29, 1.82) is 0 Å². The second-order valence-electron chi connectivity index (χ2n) is 5.66. The molecular weight excluding hydrogens is 252 g/mol. The minimum Gasteiger partial charge on any atom is -0.463 e. The number of carbonyl (C=O) groups is 2. The summed E-state index contributed by atoms with van der Waals surface area (Å²) in [4.78, 5) is 22.9. The first-order chi connectivity index (χ1) is 9.31. The van der Waals surface area contributed by atoms with E-state index in [9.17, 15) is 9.59 Å². The van der Waals surface area contributed by atoms with E-state index in [1.165, 1.54) is 11.1 Å². The highest BCUT2D eigenvalue weighted by Crippen LogP contribution is 2.09. The summed E-state index contributed by atoms with van der Waals surface area (Å²) >= 11 is 0. The van der Waals surface area contributed by atoms with Crippen molar-refractivity contribution >= 4 is 11.8 Å². The number of esters is 1. The second kappa shape index (κ2) is 10.4. The molecule has 0 unspecified atom stereocenters. The molecule has 3 nitrogen and oxygen atoms in total. The third-order valence-corrected chi connectivity index (χ3v) is 2.72. The van der Waals surface area contributed by atoms with Crippen molar-refractivity contribution in [2.24, 2.45) is 0 Å². The van der Waals surface area contributed by atoms with Crippen LogP contribution in [0, 0.1) is 0 Å². The SMILES string of the molecule is CC(C)=CCCC(C)=CCCC(=O)CC(=O)OC(C)C. The first kappa shape index (κ1) is 18.6. The lowest BCUT2D eigenvalue weighted by atomic mass is 10.1. The molecule has 0 saturated heterocycles. The minimum atomic E-state index is -0.422. The van der Waals surface area contributed by atoms with Crippen LogP contribution in [0.3, 0.4) is 0 Å². The molecule has 0 amide bonds. The fraction of sp³-hybridized carbons (Fsp3) is 0.647. The summed E-state index contributed by atoms with van der Waals surface area (Å²) in [5.41, 5.74) is 2.62. The fourth-order valence-corrected chi connectivity index (χ4v) is 1.72. The maximum absolute atomic E-state index is 11.6. The zero-order valence-corrected chi connectivity index (χ0v) is 13.5. The number of ether oxygens (including phenoxy) is 1. The highest BCUT2D eigenvalue weighted by molar-refractivity contribution is 5.95. The topological polar surface area (TPSA) is 43.4 Å². The molecule has 0 aromatic rings. The third kappa shape index (κ3) is 11.7. The predicted octanol–water partition coefficient (Wildman–Crippen LogP) is 4.37. The van der Waals surface area contributed by atoms with Crippen molar-refractivity contribution < 1.29 is 14.3 Å². The molecule has 0 bridgehead atoms. The summed E-state index contributed by atoms with van der Waals surface area (Å²) in [5, 5.41) is 0. The zero-order valence-electron chi connectivity index (χ0n) is 13.5. The second-order valence-corrected chi connectivity index (χ2v) is 5.66. The van der Waals surface area contributed by atoms with Crippen LogP contribution in [0.2, 0.25) is 0 Å². The monoisotopic (exact) mass is 280 g/mol. The van der Waals surface area contributed by atoms with E-state index in [2.05, 4.69) is 32.9 Å². The third-order valence-electron chi connectivity index (χ3n) is 2.72. The number of rotatable bonds is 9. The van der Waals surface area contributed by atoms with Crippen molar-refractivity contribution in [2.75, 3.05) is 0 Å². The normalized spacial score (nSPS) is 11.4. The number of Topliss-reactive ketones (excluding diaryl/α,β-unsaturated/α-hetero) is 1. The van der Waals surface area contributed by atoms with Crippen LogP contribution in [0.5, 0.6) is 0 Å². The molecule has 0 fully saturated rings. The van der Waals surface area contributed by atoms with E-state index in [1.54, 1.807) is 13.8 Å². The molecule has 3 heteroatoms. The van der Waals surface area contributed by atoms with Crippen molar-refractivity contribution in [2.45, 2.75) is 72.8 Å². The van der Waals surface area contributed by atoms with Gasteiger partial charge in [0.05, 0.1) is 6.10 Å². The maximum Gasteiger partial charge on any atom is 0.313 e. The van der Waals surface area contributed by atoms with Crippen LogP contribution >= 0.6 is 0 Å². The molecule has 0 aliphatic heterocycles. The van der Waals surface area contributed by atoms with E-state index in [-0.39, 0.29) is 18.3 Å². The molecule has 0 rings (SSSR count). The Bertz CT molecular complexity index is 372. The van der Waals surface area contributed by atoms with E-state index in [1.807, 2.05) is 0 Å². The van der Waals surface area contributed by atoms with E-state index in [4.69, 9.17) is 4.74 Å². The summed E-state index contributed by atoms with van der Waals surface area (Å²) in [6.45, 7) is 9.82. The van der Waals surface area contributed by atoms with Gasteiger partial charge < -0.3 is 4.74 Å². The van der Waals surface area contributed by atoms with Gasteiger partial charge in [0.2, 0.25) is 0 Å². The lowest BCUT2D eigenvalue weighted by Crippen LogP contribution is -2.15. The van der Waals surface area contributed by atoms with Gasteiger partial charge in [-0.3, -0.25) is 9.59 Å². The standard InChI is InChI=1S/C17H28O3/c1-13(2)8-6-9-15(5)10-7-11-16(18)12-17(19)20-14(3)4/h8,10,14H,6-7,9,11-12H2,1-5H3. The van der Waals surface area contributed by atoms with Crippen LogP contribution in [-0.4, -0.2) is 17.9 Å². The van der Waals surface area contributed by atoms with Crippen LogP contribution in [0.1, 0.15) is 66.7 Å². The minimum absolute atomic E-state index is 0.0519. The molecule has 0 aromatic carbocycles. The highest BCUT2D eigenvalue weighted by Gasteiger charge is 2.11. The summed E-state index contributed by atoms with van der Waals surface area (Å²) in [5.74, 6) is -0.474. The van der Waals surface area contributed by atoms with Gasteiger partial charge in [-0.25, -0.2) is 0 Å². The van der Waals surface area contributed by atoms with Crippen molar-refractivity contribution in [3.8, 4) is 0 Å². The Morgan fingerprint density at radius 1 is 1.00 bits per heavy atom. The van der Waals surface area contributed by atoms with Crippen LogP contribution in [0.25, 0.3) is 0 Å². The summed E-state index contributed by atoms with van der Waals surface area (Å²) < 4.78 is 4.94. The fourth-order valence-electron chi connectivity index (χ4n) is 1.72. The molecule has 0 aromatic heterocycles. The van der Waals surface area contributed by atoms with Crippen molar-refractivity contribution in [3.05, 3.63) is 23.3 Å². The van der Waals surface area contributed by atoms with Gasteiger partial charge in [0, 0.05) is 6.42 Å². The molecule has 0 aliphatic rings. The predicted molar refractivity (Wildman–Crippen MR) is 82.5 cm³/mol. The average Bonchev–Trinajstić information content (AvgIpc) is 2.26. The lowest BCUT2D eigenvalue weighted by molar-refractivity contribution is -0.149. The molecule has 0 radical (unpaired) electrons. The molecule has 0 heterocycles. The Balaban J connectivity index is 3.89. The van der Waals surface area contributed by atoms with Gasteiger partial charge in [-0.2, -0.15) is 0 Å². The molecule has 0 spiro atoms. The van der Waals surface area contributed by atoms with E-state index in [0.717, 1.165) is 12.8 Å². The first-order valence-corrected chi connectivity index (χ1v) is 7.31. The van der Waals surface area contributed by atoms with Gasteiger partial charge >= 0.3 is 5.97 Å². The Morgan fingerprint density at radius 2 is 1.60 bits per heavy atom. The van der Waals surface area contributed by atoms with Gasteiger partial charge in [0.1, 0.15) is 12.2 Å². The van der Waals surface area contributed by atoms with Crippen LogP contribution in [-0.2, 0) is 14.3 Å². The summed E-state index contributed by atoms with van der Waals surface area (Å²) in [6, 6.07) is 0. The Hall–Kier alpha value is -1.38. The quantitative estimate of drug-likeness (QED) is 0.358. The maximum atomic E-state index is 11.6. The van der Waals surface area contributed by atoms with Crippen molar-refractivity contribution in [3.63, 3.8) is 0 Å². The first-order valence-electron chi connectivity index (χ1n) is 7.31. The van der Waals surface area contributed by atoms with Gasteiger partial charge in [-0.15, -0.1) is 0 Å². The number of ketones is 1. The van der Waals surface area contributed by atoms with Crippen LogP contribution < -0.4 is 0 Å². The van der Waals surface area contributed by atoms with E-state index in [0.29, 0.717) is 12.8 Å². The molecule has 0 saturated carbocycles. The van der Waals surface area contributed by atoms with Crippen molar-refractivity contribution in [1.82, 2.24) is 0 Å². The van der Waals surface area contributed by atoms with Crippen LogP contribution in [0.15, 0.2) is 23.3 Å². The Morgan fingerprint density at radius 3 is 2.15 bits per heavy atom. The van der Waals surface area contributed by atoms with Gasteiger partial charge in [0.15, 0.2) is 0 Å². The molecule has 20 heavy (non-hydrogen) atoms. The molecule has 114 valence electrons.